The van der Waals surface area contributed by atoms with E-state index in [9.17, 15) is 9.59 Å². The Bertz CT molecular complexity index is 1310. The lowest BCUT2D eigenvalue weighted by Gasteiger charge is -2.18. The molecule has 5 heteroatoms. The molecule has 0 radical (unpaired) electrons. The van der Waals surface area contributed by atoms with E-state index in [1.165, 1.54) is 13.0 Å². The number of ketones is 1. The Balaban J connectivity index is 1.99. The Morgan fingerprint density at radius 2 is 1.67 bits per heavy atom. The van der Waals surface area contributed by atoms with Crippen LogP contribution in [0.1, 0.15) is 18.2 Å². The molecule has 1 N–H and O–H groups in total. The summed E-state index contributed by atoms with van der Waals surface area (Å²) in [6.07, 6.45) is 3.18. The van der Waals surface area contributed by atoms with Crippen LogP contribution in [0.5, 0.6) is 0 Å². The van der Waals surface area contributed by atoms with Gasteiger partial charge in [-0.15, -0.1) is 0 Å². The molecule has 5 nitrogen and oxygen atoms in total. The fourth-order valence-corrected chi connectivity index (χ4v) is 3.32. The monoisotopic (exact) mass is 395 g/mol. The van der Waals surface area contributed by atoms with Gasteiger partial charge in [-0.05, 0) is 61.9 Å². The number of aromatic nitrogens is 2. The van der Waals surface area contributed by atoms with Crippen LogP contribution in [-0.4, -0.2) is 15.3 Å². The van der Waals surface area contributed by atoms with Crippen LogP contribution >= 0.6 is 0 Å². The number of rotatable bonds is 5. The normalized spacial score (nSPS) is 11.1. The summed E-state index contributed by atoms with van der Waals surface area (Å²) in [6, 6.07) is 22.9. The summed E-state index contributed by atoms with van der Waals surface area (Å²) in [7, 11) is 0. The molecule has 0 aliphatic carbocycles. The van der Waals surface area contributed by atoms with E-state index in [1.807, 2.05) is 72.2 Å². The van der Waals surface area contributed by atoms with Gasteiger partial charge in [-0.1, -0.05) is 36.4 Å². The molecule has 0 fully saturated rings. The molecule has 4 aromatic rings. The number of anilines is 2. The van der Waals surface area contributed by atoms with Gasteiger partial charge in [-0.25, -0.2) is 4.98 Å². The number of hydrogen-bond acceptors (Lipinski definition) is 4. The van der Waals surface area contributed by atoms with Crippen molar-refractivity contribution in [2.45, 2.75) is 13.8 Å². The summed E-state index contributed by atoms with van der Waals surface area (Å²) >= 11 is 0. The first kappa shape index (κ1) is 19.3. The minimum absolute atomic E-state index is 0.0568. The van der Waals surface area contributed by atoms with Gasteiger partial charge in [0.1, 0.15) is 11.5 Å². The molecule has 0 saturated carbocycles. The quantitative estimate of drug-likeness (QED) is 0.481. The summed E-state index contributed by atoms with van der Waals surface area (Å²) in [5.74, 6) is 0.572. The third-order valence-electron chi connectivity index (χ3n) is 4.78. The zero-order valence-electron chi connectivity index (χ0n) is 16.8. The van der Waals surface area contributed by atoms with Gasteiger partial charge in [0.25, 0.3) is 0 Å². The van der Waals surface area contributed by atoms with Crippen molar-refractivity contribution in [3.05, 3.63) is 100 Å². The molecule has 2 aromatic carbocycles. The maximum Gasteiger partial charge on any atom is 0.193 e. The van der Waals surface area contributed by atoms with Gasteiger partial charge in [0.05, 0.1) is 5.39 Å². The molecule has 30 heavy (non-hydrogen) atoms. The number of aryl methyl sites for hydroxylation is 1. The van der Waals surface area contributed by atoms with E-state index >= 15 is 0 Å². The molecule has 0 spiro atoms. The number of para-hydroxylation sites is 2. The highest BCUT2D eigenvalue weighted by Crippen LogP contribution is 2.25. The highest BCUT2D eigenvalue weighted by atomic mass is 16.1. The first-order valence-electron chi connectivity index (χ1n) is 9.66. The highest BCUT2D eigenvalue weighted by molar-refractivity contribution is 5.92. The van der Waals surface area contributed by atoms with Crippen molar-refractivity contribution in [3.63, 3.8) is 0 Å². The summed E-state index contributed by atoms with van der Waals surface area (Å²) in [6.45, 7) is 3.36. The second-order valence-electron chi connectivity index (χ2n) is 7.03. The van der Waals surface area contributed by atoms with Gasteiger partial charge < -0.3 is 5.32 Å². The number of allylic oxidation sites excluding steroid dienone is 1. The maximum atomic E-state index is 13.0. The largest absolute Gasteiger partial charge is 0.341 e. The summed E-state index contributed by atoms with van der Waals surface area (Å²) in [4.78, 5) is 29.1. The van der Waals surface area contributed by atoms with Gasteiger partial charge in [0.2, 0.25) is 0 Å². The van der Waals surface area contributed by atoms with E-state index in [4.69, 9.17) is 4.98 Å². The average Bonchev–Trinajstić information content (AvgIpc) is 2.74. The van der Waals surface area contributed by atoms with Crippen LogP contribution in [0.15, 0.2) is 83.7 Å². The molecule has 2 aromatic heterocycles. The van der Waals surface area contributed by atoms with E-state index < -0.39 is 0 Å². The number of benzene rings is 2. The molecule has 0 atom stereocenters. The Morgan fingerprint density at radius 3 is 2.33 bits per heavy atom. The molecule has 0 aliphatic rings. The van der Waals surface area contributed by atoms with Crippen LogP contribution in [0, 0.1) is 6.92 Å². The van der Waals surface area contributed by atoms with Crippen LogP contribution in [0.3, 0.4) is 0 Å². The van der Waals surface area contributed by atoms with Gasteiger partial charge in [0, 0.05) is 23.1 Å². The lowest BCUT2D eigenvalue weighted by molar-refractivity contribution is -0.112. The van der Waals surface area contributed by atoms with Crippen molar-refractivity contribution in [2.75, 3.05) is 5.32 Å². The number of hydrogen-bond donors (Lipinski definition) is 1. The number of nitrogens with zero attached hydrogens (tertiary/aromatic N) is 2. The van der Waals surface area contributed by atoms with Crippen molar-refractivity contribution in [1.82, 2.24) is 9.55 Å². The Labute approximate surface area is 174 Å². The topological polar surface area (TPSA) is 64.0 Å². The van der Waals surface area contributed by atoms with Crippen LogP contribution in [-0.2, 0) is 4.79 Å². The van der Waals surface area contributed by atoms with Crippen molar-refractivity contribution in [1.29, 1.82) is 0 Å². The van der Waals surface area contributed by atoms with E-state index in [1.54, 1.807) is 18.2 Å². The zero-order valence-corrected chi connectivity index (χ0v) is 16.8. The Kier molecular flexibility index (Phi) is 5.26. The minimum Gasteiger partial charge on any atom is -0.341 e. The molecular weight excluding hydrogens is 374 g/mol. The van der Waals surface area contributed by atoms with Crippen LogP contribution in [0.2, 0.25) is 0 Å². The fraction of sp³-hybridized carbons (Fsp3) is 0.0800. The van der Waals surface area contributed by atoms with Gasteiger partial charge in [-0.2, -0.15) is 0 Å². The van der Waals surface area contributed by atoms with E-state index in [0.29, 0.717) is 16.9 Å². The number of carbonyl (C=O) groups is 1. The molecule has 0 unspecified atom stereocenters. The van der Waals surface area contributed by atoms with Crippen LogP contribution in [0.4, 0.5) is 11.5 Å². The Hall–Kier alpha value is -3.99. The third-order valence-corrected chi connectivity index (χ3v) is 4.78. The smallest absolute Gasteiger partial charge is 0.193 e. The second-order valence-corrected chi connectivity index (χ2v) is 7.03. The first-order valence-corrected chi connectivity index (χ1v) is 9.66. The van der Waals surface area contributed by atoms with E-state index in [2.05, 4.69) is 5.32 Å². The molecular formula is C25H21N3O2. The third kappa shape index (κ3) is 3.91. The molecule has 0 saturated heterocycles. The minimum atomic E-state index is -0.138. The standard InChI is InChI=1S/C25H21N3O2/c1-17(29)13-14-19-15-22-23(30)16-24(27-20-9-5-3-6-10-20)28(25(22)26-18(19)2)21-11-7-4-8-12-21/h3-16,27H,1-2H3. The highest BCUT2D eigenvalue weighted by Gasteiger charge is 2.14. The second kappa shape index (κ2) is 8.17. The first-order chi connectivity index (χ1) is 14.5. The molecule has 0 bridgehead atoms. The van der Waals surface area contributed by atoms with Gasteiger partial charge >= 0.3 is 0 Å². The number of nitrogens with one attached hydrogen (secondary N) is 1. The van der Waals surface area contributed by atoms with Gasteiger partial charge in [0.15, 0.2) is 11.2 Å². The molecule has 148 valence electrons. The SMILES string of the molecule is CC(=O)C=Cc1cc2c(=O)cc(Nc3ccccc3)n(-c3ccccc3)c2nc1C. The van der Waals surface area contributed by atoms with Gasteiger partial charge in [-0.3, -0.25) is 14.2 Å². The summed E-state index contributed by atoms with van der Waals surface area (Å²) in [5.41, 5.74) is 3.67. The average molecular weight is 395 g/mol. The van der Waals surface area contributed by atoms with E-state index in [0.717, 1.165) is 22.6 Å². The van der Waals surface area contributed by atoms with Crippen molar-refractivity contribution < 1.29 is 4.79 Å². The van der Waals surface area contributed by atoms with E-state index in [-0.39, 0.29) is 11.2 Å². The lowest BCUT2D eigenvalue weighted by Crippen LogP contribution is -2.14. The van der Waals surface area contributed by atoms with Crippen molar-refractivity contribution in [2.24, 2.45) is 0 Å². The summed E-state index contributed by atoms with van der Waals surface area (Å²) < 4.78 is 1.94. The maximum absolute atomic E-state index is 13.0. The molecule has 2 heterocycles. The number of fused-ring (bicyclic) bond motifs is 1. The predicted molar refractivity (Wildman–Crippen MR) is 122 cm³/mol. The zero-order chi connectivity index (χ0) is 21.1. The van der Waals surface area contributed by atoms with Crippen molar-refractivity contribution >= 4 is 34.4 Å². The molecule has 0 amide bonds. The number of pyridine rings is 2. The fourth-order valence-electron chi connectivity index (χ4n) is 3.32. The Morgan fingerprint density at radius 1 is 1.00 bits per heavy atom. The number of carbonyl (C=O) groups excluding carboxylic acids is 1. The van der Waals surface area contributed by atoms with Crippen LogP contribution < -0.4 is 10.7 Å². The molecule has 0 aliphatic heterocycles. The predicted octanol–water partition coefficient (Wildman–Crippen LogP) is 5.04. The summed E-state index contributed by atoms with van der Waals surface area (Å²) in [5, 5.41) is 3.83. The van der Waals surface area contributed by atoms with Crippen molar-refractivity contribution in [3.8, 4) is 5.69 Å². The van der Waals surface area contributed by atoms with Crippen LogP contribution in [0.25, 0.3) is 22.8 Å². The molecule has 4 rings (SSSR count). The lowest BCUT2D eigenvalue weighted by atomic mass is 10.1.